The van der Waals surface area contributed by atoms with Gasteiger partial charge >= 0.3 is 0 Å². The number of rotatable bonds is 9. The Kier molecular flexibility index (Phi) is 8.43. The van der Waals surface area contributed by atoms with Gasteiger partial charge in [-0.2, -0.15) is 11.8 Å². The SMILES string of the molecule is O=C(NCCSCc1ccccc1F)c1ccccc1SCC(=O)N1CCCC1. The average Bonchev–Trinajstić information content (AvgIpc) is 3.28. The molecule has 1 aliphatic rings. The minimum Gasteiger partial charge on any atom is -0.351 e. The van der Waals surface area contributed by atoms with E-state index in [1.165, 1.54) is 17.8 Å². The van der Waals surface area contributed by atoms with Crippen LogP contribution in [0.1, 0.15) is 28.8 Å². The number of amides is 2. The molecule has 0 atom stereocenters. The molecule has 1 saturated heterocycles. The number of hydrogen-bond acceptors (Lipinski definition) is 4. The second-order valence-corrected chi connectivity index (χ2v) is 8.89. The molecule has 0 aliphatic carbocycles. The molecule has 0 radical (unpaired) electrons. The van der Waals surface area contributed by atoms with E-state index < -0.39 is 0 Å². The number of carbonyl (C=O) groups is 2. The third kappa shape index (κ3) is 6.51. The lowest BCUT2D eigenvalue weighted by Gasteiger charge is -2.15. The Morgan fingerprint density at radius 3 is 2.55 bits per heavy atom. The number of likely N-dealkylation sites (tertiary alicyclic amines) is 1. The van der Waals surface area contributed by atoms with Crippen LogP contribution < -0.4 is 5.32 Å². The summed E-state index contributed by atoms with van der Waals surface area (Å²) in [5.41, 5.74) is 1.26. The molecule has 154 valence electrons. The molecule has 2 amide bonds. The van der Waals surface area contributed by atoms with Gasteiger partial charge in [-0.1, -0.05) is 30.3 Å². The van der Waals surface area contributed by atoms with Crippen molar-refractivity contribution in [3.05, 3.63) is 65.5 Å². The van der Waals surface area contributed by atoms with Crippen LogP contribution >= 0.6 is 23.5 Å². The summed E-state index contributed by atoms with van der Waals surface area (Å²) in [6, 6.07) is 14.1. The molecule has 0 unspecified atom stereocenters. The average molecular weight is 433 g/mol. The summed E-state index contributed by atoms with van der Waals surface area (Å²) in [5.74, 6) is 1.41. The summed E-state index contributed by atoms with van der Waals surface area (Å²) >= 11 is 2.99. The Bertz CT molecular complexity index is 841. The van der Waals surface area contributed by atoms with Crippen LogP contribution in [-0.4, -0.2) is 47.9 Å². The first-order valence-electron chi connectivity index (χ1n) is 9.74. The summed E-state index contributed by atoms with van der Waals surface area (Å²) in [6.45, 7) is 2.18. The van der Waals surface area contributed by atoms with E-state index in [2.05, 4.69) is 5.32 Å². The molecule has 1 fully saturated rings. The second kappa shape index (κ2) is 11.3. The van der Waals surface area contributed by atoms with Crippen LogP contribution in [0.3, 0.4) is 0 Å². The molecule has 2 aromatic carbocycles. The maximum absolute atomic E-state index is 13.6. The van der Waals surface area contributed by atoms with Gasteiger partial charge in [0.25, 0.3) is 5.91 Å². The van der Waals surface area contributed by atoms with Crippen molar-refractivity contribution in [2.24, 2.45) is 0 Å². The molecule has 4 nitrogen and oxygen atoms in total. The van der Waals surface area contributed by atoms with Crippen LogP contribution in [0.25, 0.3) is 0 Å². The fraction of sp³-hybridized carbons (Fsp3) is 0.364. The molecular formula is C22H25FN2O2S2. The smallest absolute Gasteiger partial charge is 0.252 e. The first-order chi connectivity index (χ1) is 14.1. The van der Waals surface area contributed by atoms with Crippen LogP contribution in [-0.2, 0) is 10.5 Å². The number of thioether (sulfide) groups is 2. The lowest BCUT2D eigenvalue weighted by atomic mass is 10.2. The predicted molar refractivity (Wildman–Crippen MR) is 118 cm³/mol. The van der Waals surface area contributed by atoms with Gasteiger partial charge in [0.15, 0.2) is 0 Å². The standard InChI is InChI=1S/C22H25FN2O2S2/c23-19-9-3-1-7-17(19)15-28-14-11-24-22(27)18-8-2-4-10-20(18)29-16-21(26)25-12-5-6-13-25/h1-4,7-10H,5-6,11-16H2,(H,24,27). The minimum absolute atomic E-state index is 0.132. The number of benzene rings is 2. The van der Waals surface area contributed by atoms with Gasteiger partial charge in [-0.3, -0.25) is 9.59 Å². The molecular weight excluding hydrogens is 407 g/mol. The predicted octanol–water partition coefficient (Wildman–Crippen LogP) is 4.20. The molecule has 29 heavy (non-hydrogen) atoms. The highest BCUT2D eigenvalue weighted by molar-refractivity contribution is 8.00. The third-order valence-electron chi connectivity index (χ3n) is 4.69. The van der Waals surface area contributed by atoms with Crippen molar-refractivity contribution < 1.29 is 14.0 Å². The normalized spacial score (nSPS) is 13.5. The molecule has 1 heterocycles. The largest absolute Gasteiger partial charge is 0.351 e. The van der Waals surface area contributed by atoms with Gasteiger partial charge in [0.2, 0.25) is 5.91 Å². The molecule has 0 spiro atoms. The van der Waals surface area contributed by atoms with Gasteiger partial charge in [0, 0.05) is 36.0 Å². The van der Waals surface area contributed by atoms with Crippen molar-refractivity contribution in [2.45, 2.75) is 23.5 Å². The summed E-state index contributed by atoms with van der Waals surface area (Å²) in [4.78, 5) is 27.5. The van der Waals surface area contributed by atoms with E-state index in [9.17, 15) is 14.0 Å². The molecule has 0 saturated carbocycles. The van der Waals surface area contributed by atoms with Crippen molar-refractivity contribution in [1.29, 1.82) is 0 Å². The van der Waals surface area contributed by atoms with Crippen molar-refractivity contribution in [3.8, 4) is 0 Å². The Labute approximate surface area is 179 Å². The fourth-order valence-electron chi connectivity index (χ4n) is 3.11. The molecule has 0 aromatic heterocycles. The Morgan fingerprint density at radius 2 is 1.76 bits per heavy atom. The highest BCUT2D eigenvalue weighted by Gasteiger charge is 2.19. The number of nitrogens with one attached hydrogen (secondary N) is 1. The van der Waals surface area contributed by atoms with E-state index in [1.54, 1.807) is 30.0 Å². The van der Waals surface area contributed by atoms with E-state index in [4.69, 9.17) is 0 Å². The third-order valence-corrected chi connectivity index (χ3v) is 6.76. The number of nitrogens with zero attached hydrogens (tertiary/aromatic N) is 1. The zero-order chi connectivity index (χ0) is 20.5. The lowest BCUT2D eigenvalue weighted by molar-refractivity contribution is -0.127. The topological polar surface area (TPSA) is 49.4 Å². The Balaban J connectivity index is 1.44. The zero-order valence-electron chi connectivity index (χ0n) is 16.2. The molecule has 1 aliphatic heterocycles. The van der Waals surface area contributed by atoms with Gasteiger partial charge in [0.05, 0.1) is 11.3 Å². The van der Waals surface area contributed by atoms with Crippen LogP contribution in [0.15, 0.2) is 53.4 Å². The van der Waals surface area contributed by atoms with Crippen LogP contribution in [0, 0.1) is 5.82 Å². The van der Waals surface area contributed by atoms with Gasteiger partial charge in [-0.05, 0) is 36.6 Å². The van der Waals surface area contributed by atoms with E-state index in [1.807, 2.05) is 29.2 Å². The Hall–Kier alpha value is -1.99. The van der Waals surface area contributed by atoms with Crippen molar-refractivity contribution in [1.82, 2.24) is 10.2 Å². The fourth-order valence-corrected chi connectivity index (χ4v) is 4.90. The van der Waals surface area contributed by atoms with Gasteiger partial charge in [0.1, 0.15) is 5.82 Å². The monoisotopic (exact) mass is 432 g/mol. The van der Waals surface area contributed by atoms with Gasteiger partial charge in [-0.15, -0.1) is 11.8 Å². The second-order valence-electron chi connectivity index (χ2n) is 6.77. The summed E-state index contributed by atoms with van der Waals surface area (Å²) < 4.78 is 13.6. The maximum Gasteiger partial charge on any atom is 0.252 e. The molecule has 1 N–H and O–H groups in total. The van der Waals surface area contributed by atoms with Gasteiger partial charge < -0.3 is 10.2 Å². The first-order valence-corrected chi connectivity index (χ1v) is 11.9. The van der Waals surface area contributed by atoms with Crippen LogP contribution in [0.5, 0.6) is 0 Å². The van der Waals surface area contributed by atoms with Crippen molar-refractivity contribution >= 4 is 35.3 Å². The van der Waals surface area contributed by atoms with Crippen molar-refractivity contribution in [3.63, 3.8) is 0 Å². The summed E-state index contributed by atoms with van der Waals surface area (Å²) in [7, 11) is 0. The molecule has 2 aromatic rings. The molecule has 3 rings (SSSR count). The highest BCUT2D eigenvalue weighted by atomic mass is 32.2. The summed E-state index contributed by atoms with van der Waals surface area (Å²) in [6.07, 6.45) is 2.15. The van der Waals surface area contributed by atoms with Crippen molar-refractivity contribution in [2.75, 3.05) is 31.1 Å². The Morgan fingerprint density at radius 1 is 1.03 bits per heavy atom. The minimum atomic E-state index is -0.196. The van der Waals surface area contributed by atoms with Crippen LogP contribution in [0.4, 0.5) is 4.39 Å². The zero-order valence-corrected chi connectivity index (χ0v) is 17.9. The number of halogens is 1. The first kappa shape index (κ1) is 21.7. The van der Waals surface area contributed by atoms with E-state index in [0.29, 0.717) is 34.9 Å². The highest BCUT2D eigenvalue weighted by Crippen LogP contribution is 2.24. The molecule has 0 bridgehead atoms. The quantitative estimate of drug-likeness (QED) is 0.477. The molecule has 7 heteroatoms. The summed E-state index contributed by atoms with van der Waals surface area (Å²) in [5, 5.41) is 2.92. The lowest BCUT2D eigenvalue weighted by Crippen LogP contribution is -2.29. The van der Waals surface area contributed by atoms with Crippen LogP contribution in [0.2, 0.25) is 0 Å². The van der Waals surface area contributed by atoms with E-state index in [-0.39, 0.29) is 17.6 Å². The van der Waals surface area contributed by atoms with E-state index in [0.717, 1.165) is 30.8 Å². The maximum atomic E-state index is 13.6. The number of carbonyl (C=O) groups excluding carboxylic acids is 2. The van der Waals surface area contributed by atoms with E-state index >= 15 is 0 Å². The number of hydrogen-bond donors (Lipinski definition) is 1. The van der Waals surface area contributed by atoms with Gasteiger partial charge in [-0.25, -0.2) is 4.39 Å².